The van der Waals surface area contributed by atoms with Crippen molar-refractivity contribution in [2.45, 2.75) is 26.3 Å². The van der Waals surface area contributed by atoms with Crippen LogP contribution < -0.4 is 11.5 Å². The molecule has 0 aliphatic heterocycles. The number of nitrogens with two attached hydrogens (primary N) is 2. The van der Waals surface area contributed by atoms with Crippen molar-refractivity contribution in [1.82, 2.24) is 14.7 Å². The quantitative estimate of drug-likeness (QED) is 0.505. The van der Waals surface area contributed by atoms with Crippen molar-refractivity contribution in [1.29, 1.82) is 0 Å². The summed E-state index contributed by atoms with van der Waals surface area (Å²) < 4.78 is 34.2. The fourth-order valence-corrected chi connectivity index (χ4v) is 3.33. The van der Waals surface area contributed by atoms with Crippen molar-refractivity contribution in [2.75, 3.05) is 11.5 Å². The van der Waals surface area contributed by atoms with Gasteiger partial charge in [0.25, 0.3) is 5.89 Å². The number of aryl methyl sites for hydroxylation is 1. The molecule has 0 saturated carbocycles. The normalized spacial score (nSPS) is 11.4. The molecule has 0 aliphatic carbocycles. The van der Waals surface area contributed by atoms with E-state index in [-0.39, 0.29) is 11.5 Å². The van der Waals surface area contributed by atoms with E-state index in [2.05, 4.69) is 21.6 Å². The first-order valence-corrected chi connectivity index (χ1v) is 8.91. The van der Waals surface area contributed by atoms with E-state index in [0.29, 0.717) is 23.7 Å². The standard InChI is InChI=1S/C20H19F2N5O/c1-2-3-14-9-15-17(5-4-16(23)19(15)24)27(14)10-18-25-20(28-26-18)11-6-12(21)8-13(22)7-11/h4-9H,2-3,10,23-24H2,1H3. The maximum atomic E-state index is 13.5. The Morgan fingerprint density at radius 2 is 1.82 bits per heavy atom. The molecule has 0 fully saturated rings. The second kappa shape index (κ2) is 6.95. The van der Waals surface area contributed by atoms with E-state index in [1.54, 1.807) is 6.07 Å². The van der Waals surface area contributed by atoms with Crippen LogP contribution in [0.1, 0.15) is 24.9 Å². The van der Waals surface area contributed by atoms with Crippen LogP contribution in [0.3, 0.4) is 0 Å². The van der Waals surface area contributed by atoms with Gasteiger partial charge in [-0.05, 0) is 36.8 Å². The number of rotatable bonds is 5. The van der Waals surface area contributed by atoms with Crippen LogP contribution in [0.2, 0.25) is 0 Å². The molecular weight excluding hydrogens is 364 g/mol. The van der Waals surface area contributed by atoms with E-state index in [0.717, 1.165) is 47.6 Å². The average Bonchev–Trinajstić information content (AvgIpc) is 3.24. The summed E-state index contributed by atoms with van der Waals surface area (Å²) in [6.07, 6.45) is 1.79. The van der Waals surface area contributed by atoms with Gasteiger partial charge in [-0.2, -0.15) is 4.98 Å². The molecule has 0 unspecified atom stereocenters. The van der Waals surface area contributed by atoms with Crippen molar-refractivity contribution in [2.24, 2.45) is 0 Å². The van der Waals surface area contributed by atoms with Gasteiger partial charge in [0.2, 0.25) is 0 Å². The summed E-state index contributed by atoms with van der Waals surface area (Å²) in [5, 5.41) is 4.84. The molecule has 28 heavy (non-hydrogen) atoms. The number of hydrogen-bond donors (Lipinski definition) is 2. The third-order valence-corrected chi connectivity index (χ3v) is 4.63. The fraction of sp³-hybridized carbons (Fsp3) is 0.200. The highest BCUT2D eigenvalue weighted by Crippen LogP contribution is 2.31. The number of aromatic nitrogens is 3. The summed E-state index contributed by atoms with van der Waals surface area (Å²) in [6.45, 7) is 2.42. The summed E-state index contributed by atoms with van der Waals surface area (Å²) in [5.74, 6) is -0.954. The lowest BCUT2D eigenvalue weighted by Crippen LogP contribution is -2.06. The molecule has 144 valence electrons. The number of nitrogen functional groups attached to an aromatic ring is 2. The number of halogens is 2. The molecule has 8 heteroatoms. The molecule has 6 nitrogen and oxygen atoms in total. The third kappa shape index (κ3) is 3.17. The number of nitrogens with zero attached hydrogens (tertiary/aromatic N) is 3. The molecule has 0 amide bonds. The minimum absolute atomic E-state index is 0.0608. The van der Waals surface area contributed by atoms with Crippen molar-refractivity contribution >= 4 is 22.3 Å². The maximum absolute atomic E-state index is 13.5. The zero-order valence-corrected chi connectivity index (χ0v) is 15.2. The number of anilines is 2. The van der Waals surface area contributed by atoms with Crippen LogP contribution in [0.25, 0.3) is 22.4 Å². The zero-order chi connectivity index (χ0) is 19.8. The summed E-state index contributed by atoms with van der Waals surface area (Å²) in [6, 6.07) is 8.78. The van der Waals surface area contributed by atoms with Crippen LogP contribution in [-0.2, 0) is 13.0 Å². The Balaban J connectivity index is 1.73. The minimum atomic E-state index is -0.704. The monoisotopic (exact) mass is 383 g/mol. The van der Waals surface area contributed by atoms with Crippen LogP contribution in [0.4, 0.5) is 20.2 Å². The molecule has 2 heterocycles. The topological polar surface area (TPSA) is 95.9 Å². The molecule has 4 aromatic rings. The lowest BCUT2D eigenvalue weighted by molar-refractivity contribution is 0.420. The Morgan fingerprint density at radius 1 is 1.07 bits per heavy atom. The van der Waals surface area contributed by atoms with Crippen LogP contribution in [0, 0.1) is 11.6 Å². The Kier molecular flexibility index (Phi) is 4.46. The van der Waals surface area contributed by atoms with E-state index in [1.165, 1.54) is 0 Å². The SMILES string of the molecule is CCCc1cc2c(N)c(N)ccc2n1Cc1noc(-c2cc(F)cc(F)c2)n1. The maximum Gasteiger partial charge on any atom is 0.258 e. The predicted molar refractivity (Wildman–Crippen MR) is 104 cm³/mol. The molecular formula is C20H19F2N5O. The smallest absolute Gasteiger partial charge is 0.258 e. The van der Waals surface area contributed by atoms with Gasteiger partial charge < -0.3 is 20.6 Å². The summed E-state index contributed by atoms with van der Waals surface area (Å²) in [7, 11) is 0. The lowest BCUT2D eigenvalue weighted by atomic mass is 10.2. The van der Waals surface area contributed by atoms with Crippen molar-refractivity contribution in [3.8, 4) is 11.5 Å². The van der Waals surface area contributed by atoms with Gasteiger partial charge in [0.05, 0.1) is 23.4 Å². The van der Waals surface area contributed by atoms with Crippen molar-refractivity contribution < 1.29 is 13.3 Å². The molecule has 0 aliphatic rings. The second-order valence-corrected chi connectivity index (χ2v) is 6.65. The summed E-state index contributed by atoms with van der Waals surface area (Å²) >= 11 is 0. The Bertz CT molecular complexity index is 1140. The fourth-order valence-electron chi connectivity index (χ4n) is 3.33. The van der Waals surface area contributed by atoms with Gasteiger partial charge in [-0.1, -0.05) is 18.5 Å². The van der Waals surface area contributed by atoms with E-state index >= 15 is 0 Å². The minimum Gasteiger partial charge on any atom is -0.397 e. The molecule has 0 bridgehead atoms. The number of hydrogen-bond acceptors (Lipinski definition) is 5. The van der Waals surface area contributed by atoms with Crippen molar-refractivity contribution in [3.05, 3.63) is 59.6 Å². The third-order valence-electron chi connectivity index (χ3n) is 4.63. The van der Waals surface area contributed by atoms with E-state index < -0.39 is 11.6 Å². The van der Waals surface area contributed by atoms with E-state index in [9.17, 15) is 8.78 Å². The molecule has 0 atom stereocenters. The first-order valence-electron chi connectivity index (χ1n) is 8.91. The number of benzene rings is 2. The van der Waals surface area contributed by atoms with E-state index in [4.69, 9.17) is 16.0 Å². The summed E-state index contributed by atoms with van der Waals surface area (Å²) in [4.78, 5) is 4.30. The van der Waals surface area contributed by atoms with Gasteiger partial charge in [-0.25, -0.2) is 8.78 Å². The zero-order valence-electron chi connectivity index (χ0n) is 15.2. The van der Waals surface area contributed by atoms with Crippen LogP contribution >= 0.6 is 0 Å². The van der Waals surface area contributed by atoms with Gasteiger partial charge in [-0.15, -0.1) is 0 Å². The highest BCUT2D eigenvalue weighted by molar-refractivity contribution is 5.97. The second-order valence-electron chi connectivity index (χ2n) is 6.65. The molecule has 2 aromatic heterocycles. The molecule has 4 rings (SSSR count). The predicted octanol–water partition coefficient (Wildman–Crippen LogP) is 4.13. The molecule has 4 N–H and O–H groups in total. The Hall–Kier alpha value is -3.42. The Labute approximate surface area is 159 Å². The van der Waals surface area contributed by atoms with Gasteiger partial charge in [0, 0.05) is 22.7 Å². The van der Waals surface area contributed by atoms with E-state index in [1.807, 2.05) is 12.1 Å². The van der Waals surface area contributed by atoms with Crippen LogP contribution in [0.5, 0.6) is 0 Å². The van der Waals surface area contributed by atoms with Gasteiger partial charge >= 0.3 is 0 Å². The highest BCUT2D eigenvalue weighted by atomic mass is 19.1. The van der Waals surface area contributed by atoms with Crippen LogP contribution in [-0.4, -0.2) is 14.7 Å². The molecule has 2 aromatic carbocycles. The average molecular weight is 383 g/mol. The largest absolute Gasteiger partial charge is 0.397 e. The van der Waals surface area contributed by atoms with Gasteiger partial charge in [0.1, 0.15) is 11.6 Å². The summed E-state index contributed by atoms with van der Waals surface area (Å²) in [5.41, 5.74) is 15.3. The van der Waals surface area contributed by atoms with Crippen LogP contribution in [0.15, 0.2) is 40.9 Å². The first kappa shape index (κ1) is 18.0. The molecule has 0 radical (unpaired) electrons. The Morgan fingerprint density at radius 3 is 2.54 bits per heavy atom. The highest BCUT2D eigenvalue weighted by Gasteiger charge is 2.16. The van der Waals surface area contributed by atoms with Gasteiger partial charge in [-0.3, -0.25) is 0 Å². The van der Waals surface area contributed by atoms with Crippen molar-refractivity contribution in [3.63, 3.8) is 0 Å². The first-order chi connectivity index (χ1) is 13.5. The number of fused-ring (bicyclic) bond motifs is 1. The molecule has 0 saturated heterocycles. The van der Waals surface area contributed by atoms with Gasteiger partial charge in [0.15, 0.2) is 5.82 Å². The lowest BCUT2D eigenvalue weighted by Gasteiger charge is -2.08. The molecule has 0 spiro atoms.